The molecule has 0 saturated carbocycles. The van der Waals surface area contributed by atoms with Gasteiger partial charge in [-0.3, -0.25) is 0 Å². The quantitative estimate of drug-likeness (QED) is 0.585. The minimum atomic E-state index is -1.80. The third-order valence-electron chi connectivity index (χ3n) is 1.27. The lowest BCUT2D eigenvalue weighted by Crippen LogP contribution is -2.05. The summed E-state index contributed by atoms with van der Waals surface area (Å²) in [5.74, 6) is 0. The Labute approximate surface area is 50.8 Å². The maximum absolute atomic E-state index is 11.1. The average Bonchev–Trinajstić information content (AvgIpc) is 1.67. The molecule has 1 unspecified atom stereocenters. The number of rotatable bonds is 3. The average molecular weight is 135 g/mol. The van der Waals surface area contributed by atoms with Gasteiger partial charge in [-0.15, -0.1) is 0 Å². The van der Waals surface area contributed by atoms with Gasteiger partial charge in [0.15, 0.2) is 0 Å². The lowest BCUT2D eigenvalue weighted by Gasteiger charge is -2.05. The molecule has 0 heterocycles. The molecule has 2 nitrogen and oxygen atoms in total. The molecule has 0 aromatic heterocycles. The summed E-state index contributed by atoms with van der Waals surface area (Å²) in [6, 6.07) is 0. The zero-order valence-corrected chi connectivity index (χ0v) is 6.45. The van der Waals surface area contributed by atoms with Crippen molar-refractivity contribution >= 4 is 7.14 Å². The zero-order chi connectivity index (χ0) is 6.62. The fraction of sp³-hybridized carbons (Fsp3) is 1.00. The summed E-state index contributed by atoms with van der Waals surface area (Å²) in [4.78, 5) is 0. The topological polar surface area (TPSA) is 43.1 Å². The SMILES string of the molecule is CCP(C)(=O)CCN. The van der Waals surface area contributed by atoms with Crippen LogP contribution in [0.25, 0.3) is 0 Å². The fourth-order valence-electron chi connectivity index (χ4n) is 0.431. The van der Waals surface area contributed by atoms with E-state index in [0.29, 0.717) is 12.7 Å². The molecule has 0 rings (SSSR count). The van der Waals surface area contributed by atoms with Crippen LogP contribution in [-0.4, -0.2) is 25.5 Å². The maximum Gasteiger partial charge on any atom is 0.0858 e. The van der Waals surface area contributed by atoms with Crippen molar-refractivity contribution in [3.63, 3.8) is 0 Å². The fourth-order valence-corrected chi connectivity index (χ4v) is 1.29. The highest BCUT2D eigenvalue weighted by Crippen LogP contribution is 2.38. The predicted octanol–water partition coefficient (Wildman–Crippen LogP) is 0.958. The number of hydrogen-bond donors (Lipinski definition) is 1. The smallest absolute Gasteiger partial charge is 0.0858 e. The summed E-state index contributed by atoms with van der Waals surface area (Å²) in [6.07, 6.45) is 1.48. The Hall–Kier alpha value is 0.190. The van der Waals surface area contributed by atoms with Gasteiger partial charge in [0, 0.05) is 6.16 Å². The molecule has 0 saturated heterocycles. The molecule has 3 heteroatoms. The van der Waals surface area contributed by atoms with Crippen LogP contribution in [0.4, 0.5) is 0 Å². The van der Waals surface area contributed by atoms with E-state index in [1.54, 1.807) is 6.66 Å². The minimum absolute atomic E-state index is 0.557. The van der Waals surface area contributed by atoms with Gasteiger partial charge in [0.05, 0.1) is 7.14 Å². The second-order valence-electron chi connectivity index (χ2n) is 2.13. The number of hydrogen-bond acceptors (Lipinski definition) is 2. The Kier molecular flexibility index (Phi) is 3.34. The lowest BCUT2D eigenvalue weighted by molar-refractivity contribution is 0.579. The van der Waals surface area contributed by atoms with Gasteiger partial charge in [0.1, 0.15) is 0 Å². The Bertz CT molecular complexity index is 103. The van der Waals surface area contributed by atoms with E-state index < -0.39 is 7.14 Å². The van der Waals surface area contributed by atoms with Gasteiger partial charge in [-0.05, 0) is 19.4 Å². The molecule has 0 spiro atoms. The van der Waals surface area contributed by atoms with E-state index in [1.807, 2.05) is 6.92 Å². The van der Waals surface area contributed by atoms with Gasteiger partial charge < -0.3 is 10.3 Å². The summed E-state index contributed by atoms with van der Waals surface area (Å²) in [6.45, 7) is 4.30. The van der Waals surface area contributed by atoms with E-state index in [1.165, 1.54) is 0 Å². The van der Waals surface area contributed by atoms with Crippen LogP contribution in [0, 0.1) is 0 Å². The lowest BCUT2D eigenvalue weighted by atomic mass is 10.8. The molecule has 2 N–H and O–H groups in total. The van der Waals surface area contributed by atoms with Crippen LogP contribution >= 0.6 is 7.14 Å². The van der Waals surface area contributed by atoms with Crippen molar-refractivity contribution < 1.29 is 4.57 Å². The van der Waals surface area contributed by atoms with E-state index in [4.69, 9.17) is 5.73 Å². The molecular weight excluding hydrogens is 121 g/mol. The first-order valence-corrected chi connectivity index (χ1v) is 5.40. The van der Waals surface area contributed by atoms with Gasteiger partial charge >= 0.3 is 0 Å². The Morgan fingerprint density at radius 1 is 1.62 bits per heavy atom. The van der Waals surface area contributed by atoms with E-state index in [2.05, 4.69) is 0 Å². The van der Waals surface area contributed by atoms with Crippen molar-refractivity contribution in [3.05, 3.63) is 0 Å². The Morgan fingerprint density at radius 3 is 2.25 bits per heavy atom. The molecule has 0 aromatic rings. The highest BCUT2D eigenvalue weighted by Gasteiger charge is 2.08. The molecule has 0 bridgehead atoms. The van der Waals surface area contributed by atoms with Crippen molar-refractivity contribution in [2.24, 2.45) is 5.73 Å². The van der Waals surface area contributed by atoms with Crippen LogP contribution in [0.15, 0.2) is 0 Å². The van der Waals surface area contributed by atoms with E-state index in [0.717, 1.165) is 6.16 Å². The third-order valence-corrected chi connectivity index (χ3v) is 3.81. The number of nitrogens with two attached hydrogens (primary N) is 1. The second-order valence-corrected chi connectivity index (χ2v) is 5.80. The molecule has 0 aliphatic rings. The monoisotopic (exact) mass is 135 g/mol. The molecule has 0 aliphatic heterocycles. The highest BCUT2D eigenvalue weighted by atomic mass is 31.2. The van der Waals surface area contributed by atoms with Crippen LogP contribution in [0.1, 0.15) is 6.92 Å². The summed E-state index contributed by atoms with van der Waals surface area (Å²) < 4.78 is 11.1. The first kappa shape index (κ1) is 8.19. The summed E-state index contributed by atoms with van der Waals surface area (Å²) >= 11 is 0. The molecular formula is C5H14NOP. The Balaban J connectivity index is 3.55. The third kappa shape index (κ3) is 3.23. The highest BCUT2D eigenvalue weighted by molar-refractivity contribution is 7.63. The normalized spacial score (nSPS) is 17.9. The predicted molar refractivity (Wildman–Crippen MR) is 38.0 cm³/mol. The molecule has 0 fully saturated rings. The molecule has 8 heavy (non-hydrogen) atoms. The van der Waals surface area contributed by atoms with Gasteiger partial charge in [0.2, 0.25) is 0 Å². The molecule has 0 aliphatic carbocycles. The first-order valence-electron chi connectivity index (χ1n) is 2.88. The van der Waals surface area contributed by atoms with Crippen LogP contribution in [-0.2, 0) is 4.57 Å². The van der Waals surface area contributed by atoms with E-state index in [-0.39, 0.29) is 0 Å². The zero-order valence-electron chi connectivity index (χ0n) is 5.55. The van der Waals surface area contributed by atoms with Crippen LogP contribution < -0.4 is 5.73 Å². The van der Waals surface area contributed by atoms with Crippen LogP contribution in [0.3, 0.4) is 0 Å². The van der Waals surface area contributed by atoms with Crippen LogP contribution in [0.5, 0.6) is 0 Å². The van der Waals surface area contributed by atoms with E-state index >= 15 is 0 Å². The first-order chi connectivity index (χ1) is 3.62. The second kappa shape index (κ2) is 3.26. The van der Waals surface area contributed by atoms with Gasteiger partial charge in [-0.1, -0.05) is 6.92 Å². The molecule has 0 aromatic carbocycles. The molecule has 0 amide bonds. The standard InChI is InChI=1S/C5H14NOP/c1-3-8(2,7)5-4-6/h3-6H2,1-2H3. The Morgan fingerprint density at radius 2 is 2.12 bits per heavy atom. The minimum Gasteiger partial charge on any atom is -0.330 e. The summed E-state index contributed by atoms with van der Waals surface area (Å²) in [7, 11) is -1.80. The van der Waals surface area contributed by atoms with Crippen molar-refractivity contribution in [2.75, 3.05) is 25.5 Å². The largest absolute Gasteiger partial charge is 0.330 e. The van der Waals surface area contributed by atoms with Gasteiger partial charge in [0.25, 0.3) is 0 Å². The summed E-state index contributed by atoms with van der Waals surface area (Å²) in [5, 5.41) is 0. The molecule has 50 valence electrons. The molecule has 0 radical (unpaired) electrons. The van der Waals surface area contributed by atoms with Crippen molar-refractivity contribution in [2.45, 2.75) is 6.92 Å². The van der Waals surface area contributed by atoms with Crippen molar-refractivity contribution in [3.8, 4) is 0 Å². The van der Waals surface area contributed by atoms with Crippen molar-refractivity contribution in [1.82, 2.24) is 0 Å². The molecule has 1 atom stereocenters. The summed E-state index contributed by atoms with van der Waals surface area (Å²) in [5.41, 5.74) is 5.22. The van der Waals surface area contributed by atoms with E-state index in [9.17, 15) is 4.57 Å². The van der Waals surface area contributed by atoms with Crippen molar-refractivity contribution in [1.29, 1.82) is 0 Å². The van der Waals surface area contributed by atoms with Gasteiger partial charge in [-0.2, -0.15) is 0 Å². The maximum atomic E-state index is 11.1. The van der Waals surface area contributed by atoms with Crippen LogP contribution in [0.2, 0.25) is 0 Å². The van der Waals surface area contributed by atoms with Gasteiger partial charge in [-0.25, -0.2) is 0 Å².